The molecular weight excluding hydrogens is 271 g/mol. The second-order valence-corrected chi connectivity index (χ2v) is 4.74. The minimum Gasteiger partial charge on any atom is -0.430 e. The number of amides is 1. The summed E-state index contributed by atoms with van der Waals surface area (Å²) in [5.74, 6) is -0.651. The molecular formula is C12H13FN2O3S. The van der Waals surface area contributed by atoms with Crippen LogP contribution in [0.25, 0.3) is 11.1 Å². The fourth-order valence-electron chi connectivity index (χ4n) is 1.56. The molecule has 0 aliphatic rings. The number of carbonyl (C=O) groups excluding carboxylic acids is 1. The van der Waals surface area contributed by atoms with E-state index in [4.69, 9.17) is 14.9 Å². The zero-order valence-corrected chi connectivity index (χ0v) is 11.1. The number of nitrogens with zero attached hydrogens (tertiary/aromatic N) is 1. The third-order valence-electron chi connectivity index (χ3n) is 2.36. The average molecular weight is 284 g/mol. The standard InChI is InChI=1S/C12H13FN2O3S/c1-2-17-3-4-19-12-15-9-6-7(13)5-8(11(14)16)10(9)18-12/h5-6H,2-4H2,1H3,(H2,14,16). The molecule has 1 heterocycles. The van der Waals surface area contributed by atoms with Crippen molar-refractivity contribution < 1.29 is 18.3 Å². The van der Waals surface area contributed by atoms with Crippen molar-refractivity contribution in [2.24, 2.45) is 5.73 Å². The molecule has 2 rings (SSSR count). The summed E-state index contributed by atoms with van der Waals surface area (Å²) in [6, 6.07) is 2.25. The fourth-order valence-corrected chi connectivity index (χ4v) is 2.24. The molecule has 2 aromatic rings. The largest absolute Gasteiger partial charge is 0.430 e. The number of primary amides is 1. The first kappa shape index (κ1) is 13.8. The van der Waals surface area contributed by atoms with Crippen LogP contribution in [0, 0.1) is 5.82 Å². The van der Waals surface area contributed by atoms with Gasteiger partial charge in [-0.05, 0) is 13.0 Å². The van der Waals surface area contributed by atoms with E-state index >= 15 is 0 Å². The van der Waals surface area contributed by atoms with Gasteiger partial charge in [-0.3, -0.25) is 4.79 Å². The molecule has 1 aromatic carbocycles. The SMILES string of the molecule is CCOCCSc1nc2cc(F)cc(C(N)=O)c2o1. The van der Waals surface area contributed by atoms with E-state index in [0.29, 0.717) is 24.2 Å². The molecule has 0 aliphatic carbocycles. The van der Waals surface area contributed by atoms with Gasteiger partial charge in [-0.15, -0.1) is 0 Å². The first-order chi connectivity index (χ1) is 9.11. The number of ether oxygens (including phenoxy) is 1. The number of nitrogens with two attached hydrogens (primary N) is 1. The summed E-state index contributed by atoms with van der Waals surface area (Å²) in [4.78, 5) is 15.3. The van der Waals surface area contributed by atoms with Crippen LogP contribution in [-0.2, 0) is 4.74 Å². The molecule has 19 heavy (non-hydrogen) atoms. The van der Waals surface area contributed by atoms with Crippen LogP contribution in [0.3, 0.4) is 0 Å². The topological polar surface area (TPSA) is 78.4 Å². The van der Waals surface area contributed by atoms with Crippen LogP contribution in [0.15, 0.2) is 21.8 Å². The van der Waals surface area contributed by atoms with E-state index in [-0.39, 0.29) is 16.7 Å². The summed E-state index contributed by atoms with van der Waals surface area (Å²) in [5.41, 5.74) is 5.68. The average Bonchev–Trinajstić information content (AvgIpc) is 2.76. The van der Waals surface area contributed by atoms with E-state index in [1.54, 1.807) is 0 Å². The minimum absolute atomic E-state index is 0.000779. The highest BCUT2D eigenvalue weighted by Gasteiger charge is 2.15. The molecule has 7 heteroatoms. The number of hydrogen-bond acceptors (Lipinski definition) is 5. The van der Waals surface area contributed by atoms with Crippen molar-refractivity contribution in [1.82, 2.24) is 4.98 Å². The van der Waals surface area contributed by atoms with Crippen molar-refractivity contribution in [2.45, 2.75) is 12.1 Å². The molecule has 0 bridgehead atoms. The summed E-state index contributed by atoms with van der Waals surface area (Å²) >= 11 is 1.34. The van der Waals surface area contributed by atoms with Crippen molar-refractivity contribution in [2.75, 3.05) is 19.0 Å². The highest BCUT2D eigenvalue weighted by molar-refractivity contribution is 7.99. The first-order valence-corrected chi connectivity index (χ1v) is 6.70. The Kier molecular flexibility index (Phi) is 4.39. The Morgan fingerprint density at radius 1 is 1.58 bits per heavy atom. The molecule has 0 unspecified atom stereocenters. The lowest BCUT2D eigenvalue weighted by Gasteiger charge is -1.97. The second kappa shape index (κ2) is 6.03. The number of thioether (sulfide) groups is 1. The third kappa shape index (κ3) is 3.24. The molecule has 0 aliphatic heterocycles. The molecule has 0 saturated carbocycles. The highest BCUT2D eigenvalue weighted by atomic mass is 32.2. The van der Waals surface area contributed by atoms with Gasteiger partial charge in [0, 0.05) is 18.4 Å². The van der Waals surface area contributed by atoms with Crippen molar-refractivity contribution in [1.29, 1.82) is 0 Å². The van der Waals surface area contributed by atoms with Crippen molar-refractivity contribution in [3.63, 3.8) is 0 Å². The molecule has 0 spiro atoms. The van der Waals surface area contributed by atoms with Gasteiger partial charge >= 0.3 is 0 Å². The van der Waals surface area contributed by atoms with Gasteiger partial charge in [-0.25, -0.2) is 9.37 Å². The van der Waals surface area contributed by atoms with E-state index < -0.39 is 11.7 Å². The van der Waals surface area contributed by atoms with Crippen LogP contribution < -0.4 is 5.73 Å². The molecule has 0 fully saturated rings. The number of benzene rings is 1. The number of fused-ring (bicyclic) bond motifs is 1. The van der Waals surface area contributed by atoms with E-state index in [1.807, 2.05) is 6.92 Å². The molecule has 0 saturated heterocycles. The molecule has 5 nitrogen and oxygen atoms in total. The lowest BCUT2D eigenvalue weighted by atomic mass is 10.2. The van der Waals surface area contributed by atoms with Crippen molar-refractivity contribution in [3.8, 4) is 0 Å². The summed E-state index contributed by atoms with van der Waals surface area (Å²) in [7, 11) is 0. The summed E-state index contributed by atoms with van der Waals surface area (Å²) in [6.45, 7) is 3.12. The quantitative estimate of drug-likeness (QED) is 0.650. The minimum atomic E-state index is -0.744. The maximum Gasteiger partial charge on any atom is 0.256 e. The molecule has 1 amide bonds. The maximum atomic E-state index is 13.3. The normalized spacial score (nSPS) is 11.1. The molecule has 0 radical (unpaired) electrons. The lowest BCUT2D eigenvalue weighted by molar-refractivity contribution is 0.100. The Hall–Kier alpha value is -1.60. The summed E-state index contributed by atoms with van der Waals surface area (Å²) < 4.78 is 23.9. The van der Waals surface area contributed by atoms with Crippen LogP contribution in [-0.4, -0.2) is 29.9 Å². The van der Waals surface area contributed by atoms with E-state index in [9.17, 15) is 9.18 Å². The van der Waals surface area contributed by atoms with Gasteiger partial charge in [0.1, 0.15) is 11.3 Å². The van der Waals surface area contributed by atoms with Gasteiger partial charge in [-0.2, -0.15) is 0 Å². The predicted octanol–water partition coefficient (Wildman–Crippen LogP) is 2.19. The van der Waals surface area contributed by atoms with E-state index in [1.165, 1.54) is 17.8 Å². The van der Waals surface area contributed by atoms with E-state index in [2.05, 4.69) is 4.98 Å². The zero-order chi connectivity index (χ0) is 13.8. The number of carbonyl (C=O) groups is 1. The first-order valence-electron chi connectivity index (χ1n) is 5.72. The maximum absolute atomic E-state index is 13.3. The number of hydrogen-bond donors (Lipinski definition) is 1. The van der Waals surface area contributed by atoms with Crippen molar-refractivity contribution in [3.05, 3.63) is 23.5 Å². The summed E-state index contributed by atoms with van der Waals surface area (Å²) in [5, 5.41) is 0.364. The second-order valence-electron chi connectivity index (χ2n) is 3.69. The Balaban J connectivity index is 2.24. The summed E-state index contributed by atoms with van der Waals surface area (Å²) in [6.07, 6.45) is 0. The Morgan fingerprint density at radius 2 is 2.37 bits per heavy atom. The number of rotatable bonds is 6. The van der Waals surface area contributed by atoms with Gasteiger partial charge in [0.15, 0.2) is 5.58 Å². The number of oxazole rings is 1. The van der Waals surface area contributed by atoms with Gasteiger partial charge < -0.3 is 14.9 Å². The predicted molar refractivity (Wildman–Crippen MR) is 69.7 cm³/mol. The zero-order valence-electron chi connectivity index (χ0n) is 10.3. The smallest absolute Gasteiger partial charge is 0.256 e. The fraction of sp³-hybridized carbons (Fsp3) is 0.333. The molecule has 0 atom stereocenters. The molecule has 1 aromatic heterocycles. The Labute approximate surface area is 113 Å². The van der Waals surface area contributed by atoms with Gasteiger partial charge in [0.2, 0.25) is 0 Å². The van der Waals surface area contributed by atoms with Gasteiger partial charge in [0.05, 0.1) is 12.2 Å². The molecule has 102 valence electrons. The van der Waals surface area contributed by atoms with Gasteiger partial charge in [-0.1, -0.05) is 11.8 Å². The van der Waals surface area contributed by atoms with Gasteiger partial charge in [0.25, 0.3) is 11.1 Å². The molecule has 2 N–H and O–H groups in total. The Bertz CT molecular complexity index is 600. The van der Waals surface area contributed by atoms with Crippen LogP contribution in [0.2, 0.25) is 0 Å². The van der Waals surface area contributed by atoms with Crippen LogP contribution in [0.5, 0.6) is 0 Å². The van der Waals surface area contributed by atoms with Crippen molar-refractivity contribution >= 4 is 28.8 Å². The van der Waals surface area contributed by atoms with Crippen LogP contribution in [0.4, 0.5) is 4.39 Å². The van der Waals surface area contributed by atoms with E-state index in [0.717, 1.165) is 6.07 Å². The van der Waals surface area contributed by atoms with Crippen LogP contribution >= 0.6 is 11.8 Å². The monoisotopic (exact) mass is 284 g/mol. The number of halogens is 1. The lowest BCUT2D eigenvalue weighted by Crippen LogP contribution is -2.11. The third-order valence-corrected chi connectivity index (χ3v) is 3.15. The Morgan fingerprint density at radius 3 is 3.05 bits per heavy atom. The van der Waals surface area contributed by atoms with Crippen LogP contribution in [0.1, 0.15) is 17.3 Å². The number of aromatic nitrogens is 1. The highest BCUT2D eigenvalue weighted by Crippen LogP contribution is 2.26.